The van der Waals surface area contributed by atoms with E-state index in [9.17, 15) is 19.2 Å². The van der Waals surface area contributed by atoms with Gasteiger partial charge in [0.1, 0.15) is 0 Å². The zero-order chi connectivity index (χ0) is 33.2. The molecule has 8 nitrogen and oxygen atoms in total. The molecule has 0 aromatic heterocycles. The maximum Gasteiger partial charge on any atom is 0.338 e. The van der Waals surface area contributed by atoms with Crippen LogP contribution in [-0.4, -0.2) is 51.3 Å². The summed E-state index contributed by atoms with van der Waals surface area (Å²) < 4.78 is 21.8. The van der Waals surface area contributed by atoms with Crippen molar-refractivity contribution in [3.05, 3.63) is 70.8 Å². The van der Waals surface area contributed by atoms with Crippen LogP contribution in [-0.2, 0) is 18.9 Å². The van der Waals surface area contributed by atoms with Gasteiger partial charge in [0.25, 0.3) is 0 Å². The van der Waals surface area contributed by atoms with Crippen molar-refractivity contribution in [2.45, 2.75) is 64.2 Å². The van der Waals surface area contributed by atoms with Gasteiger partial charge in [-0.3, -0.25) is 0 Å². The lowest BCUT2D eigenvalue weighted by atomic mass is 9.44. The third-order valence-electron chi connectivity index (χ3n) is 14.2. The van der Waals surface area contributed by atoms with Gasteiger partial charge in [0, 0.05) is 0 Å². The molecule has 2 aromatic rings. The molecule has 0 N–H and O–H groups in total. The summed E-state index contributed by atoms with van der Waals surface area (Å²) in [5, 5.41) is 0. The largest absolute Gasteiger partial charge is 0.465 e. The van der Waals surface area contributed by atoms with Crippen molar-refractivity contribution in [3.8, 4) is 0 Å². The number of hydrogen-bond acceptors (Lipinski definition) is 8. The summed E-state index contributed by atoms with van der Waals surface area (Å²) in [4.78, 5) is 50.5. The molecule has 0 radical (unpaired) electrons. The summed E-state index contributed by atoms with van der Waals surface area (Å²) in [6.45, 7) is 0.856. The summed E-state index contributed by atoms with van der Waals surface area (Å²) >= 11 is 0. The predicted molar refractivity (Wildman–Crippen MR) is 175 cm³/mol. The fourth-order valence-electron chi connectivity index (χ4n) is 13.1. The number of methoxy groups -OCH3 is 2. The van der Waals surface area contributed by atoms with E-state index in [4.69, 9.17) is 18.9 Å². The van der Waals surface area contributed by atoms with Crippen LogP contribution in [0, 0.1) is 58.2 Å². The van der Waals surface area contributed by atoms with Gasteiger partial charge in [0.05, 0.1) is 49.7 Å². The van der Waals surface area contributed by atoms with E-state index in [0.29, 0.717) is 71.0 Å². The Balaban J connectivity index is 1.01. The summed E-state index contributed by atoms with van der Waals surface area (Å²) in [6.07, 6.45) is 12.5. The average molecular weight is 655 g/mol. The number of rotatable bonds is 9. The third kappa shape index (κ3) is 4.60. The molecule has 6 fully saturated rings. The number of benzene rings is 2. The normalized spacial score (nSPS) is 36.8. The van der Waals surface area contributed by atoms with Gasteiger partial charge in [-0.1, -0.05) is 25.0 Å². The van der Waals surface area contributed by atoms with Crippen molar-refractivity contribution >= 4 is 23.9 Å². The molecule has 48 heavy (non-hydrogen) atoms. The first kappa shape index (κ1) is 31.6. The van der Waals surface area contributed by atoms with E-state index in [1.807, 2.05) is 0 Å². The molecule has 6 aliphatic carbocycles. The lowest BCUT2D eigenvalue weighted by Gasteiger charge is -2.60. The minimum absolute atomic E-state index is 0.274. The maximum atomic E-state index is 13.2. The molecule has 254 valence electrons. The zero-order valence-electron chi connectivity index (χ0n) is 28.0. The summed E-state index contributed by atoms with van der Waals surface area (Å²) in [7, 11) is 2.67. The van der Waals surface area contributed by atoms with E-state index < -0.39 is 11.9 Å². The first-order valence-corrected chi connectivity index (χ1v) is 18.0. The molecule has 4 bridgehead atoms. The monoisotopic (exact) mass is 654 g/mol. The third-order valence-corrected chi connectivity index (χ3v) is 14.2. The standard InChI is InChI=1S/C40H46O8/c1-45-35(41)23-7-3-9-25(15-23)37(43)47-21-29-17-27-19-33(29)39(13-5-11-31(27)39)40-14-6-12-32(40)28-18-30(34(40)20-28)22-48-38(44)26-10-4-8-24(16-26)36(42)46-2/h3-4,7-10,15-16,27-34H,5-6,11-14,17-22H2,1-2H3. The Bertz CT molecular complexity index is 1510. The first-order chi connectivity index (χ1) is 23.3. The topological polar surface area (TPSA) is 105 Å². The van der Waals surface area contributed by atoms with Gasteiger partial charge >= 0.3 is 23.9 Å². The molecule has 0 amide bonds. The Kier molecular flexibility index (Phi) is 7.91. The van der Waals surface area contributed by atoms with Crippen LogP contribution in [0.1, 0.15) is 106 Å². The average Bonchev–Trinajstić information content (AvgIpc) is 3.96. The van der Waals surface area contributed by atoms with Gasteiger partial charge < -0.3 is 18.9 Å². The van der Waals surface area contributed by atoms with E-state index in [0.717, 1.165) is 24.7 Å². The van der Waals surface area contributed by atoms with Gasteiger partial charge in [0.15, 0.2) is 0 Å². The van der Waals surface area contributed by atoms with E-state index in [1.54, 1.807) is 48.5 Å². The lowest BCUT2D eigenvalue weighted by molar-refractivity contribution is -0.142. The minimum Gasteiger partial charge on any atom is -0.465 e. The molecule has 6 saturated carbocycles. The highest BCUT2D eigenvalue weighted by Crippen LogP contribution is 2.84. The van der Waals surface area contributed by atoms with E-state index >= 15 is 0 Å². The van der Waals surface area contributed by atoms with Gasteiger partial charge in [-0.25, -0.2) is 19.2 Å². The Morgan fingerprint density at radius 2 is 0.979 bits per heavy atom. The molecule has 0 aliphatic heterocycles. The highest BCUT2D eigenvalue weighted by Gasteiger charge is 2.77. The van der Waals surface area contributed by atoms with Gasteiger partial charge in [-0.05, 0) is 146 Å². The number of esters is 4. The van der Waals surface area contributed by atoms with Crippen molar-refractivity contribution in [1.29, 1.82) is 0 Å². The van der Waals surface area contributed by atoms with Crippen molar-refractivity contribution in [1.82, 2.24) is 0 Å². The van der Waals surface area contributed by atoms with Crippen LogP contribution in [0.15, 0.2) is 48.5 Å². The van der Waals surface area contributed by atoms with Crippen molar-refractivity contribution < 1.29 is 38.1 Å². The summed E-state index contributed by atoms with van der Waals surface area (Å²) in [5.74, 6) is 2.98. The second-order valence-electron chi connectivity index (χ2n) is 15.6. The molecular weight excluding hydrogens is 608 g/mol. The van der Waals surface area contributed by atoms with Crippen molar-refractivity contribution in [2.24, 2.45) is 58.2 Å². The minimum atomic E-state index is -0.468. The van der Waals surface area contributed by atoms with E-state index in [2.05, 4.69) is 0 Å². The van der Waals surface area contributed by atoms with Crippen LogP contribution in [0.25, 0.3) is 0 Å². The van der Waals surface area contributed by atoms with Crippen LogP contribution in [0.3, 0.4) is 0 Å². The molecule has 0 spiro atoms. The van der Waals surface area contributed by atoms with Crippen LogP contribution >= 0.6 is 0 Å². The number of fused-ring (bicyclic) bond motifs is 11. The van der Waals surface area contributed by atoms with E-state index in [-0.39, 0.29) is 22.8 Å². The Hall–Kier alpha value is -3.68. The smallest absolute Gasteiger partial charge is 0.338 e. The molecule has 0 saturated heterocycles. The highest BCUT2D eigenvalue weighted by molar-refractivity contribution is 5.96. The van der Waals surface area contributed by atoms with Crippen molar-refractivity contribution in [3.63, 3.8) is 0 Å². The van der Waals surface area contributed by atoms with Crippen LogP contribution in [0.4, 0.5) is 0 Å². The molecule has 0 heterocycles. The summed E-state index contributed by atoms with van der Waals surface area (Å²) in [5.41, 5.74) is 2.00. The number of carbonyl (C=O) groups is 4. The van der Waals surface area contributed by atoms with Crippen LogP contribution in [0.2, 0.25) is 0 Å². The quantitative estimate of drug-likeness (QED) is 0.207. The van der Waals surface area contributed by atoms with Crippen LogP contribution < -0.4 is 0 Å². The highest BCUT2D eigenvalue weighted by atomic mass is 16.5. The SMILES string of the molecule is COC(=O)c1cccc(C(=O)OCC2CC3CC2C2(C45CCCC4C4CC(COC(=O)c6cccc(C(=O)OC)c6)C5C4)CCCC32)c1. The maximum absolute atomic E-state index is 13.2. The first-order valence-electron chi connectivity index (χ1n) is 18.0. The Morgan fingerprint density at radius 1 is 0.583 bits per heavy atom. The lowest BCUT2D eigenvalue weighted by Crippen LogP contribution is -2.57. The van der Waals surface area contributed by atoms with Crippen molar-refractivity contribution in [2.75, 3.05) is 27.4 Å². The number of carbonyl (C=O) groups excluding carboxylic acids is 4. The fraction of sp³-hybridized carbons (Fsp3) is 0.600. The molecular formula is C40H46O8. The zero-order valence-corrected chi connectivity index (χ0v) is 28.0. The van der Waals surface area contributed by atoms with Gasteiger partial charge in [0.2, 0.25) is 0 Å². The Morgan fingerprint density at radius 3 is 1.38 bits per heavy atom. The molecule has 8 heteroatoms. The summed E-state index contributed by atoms with van der Waals surface area (Å²) in [6, 6.07) is 13.2. The second kappa shape index (κ2) is 12.0. The van der Waals surface area contributed by atoms with Gasteiger partial charge in [-0.2, -0.15) is 0 Å². The molecule has 10 unspecified atom stereocenters. The fourth-order valence-corrected chi connectivity index (χ4v) is 13.1. The number of ether oxygens (including phenoxy) is 4. The Labute approximate surface area is 282 Å². The number of hydrogen-bond donors (Lipinski definition) is 0. The van der Waals surface area contributed by atoms with E-state index in [1.165, 1.54) is 65.6 Å². The second-order valence-corrected chi connectivity index (χ2v) is 15.6. The molecule has 6 aliphatic rings. The van der Waals surface area contributed by atoms with Crippen LogP contribution in [0.5, 0.6) is 0 Å². The molecule has 2 aromatic carbocycles. The molecule has 8 rings (SSSR count). The molecule has 10 atom stereocenters. The van der Waals surface area contributed by atoms with Gasteiger partial charge in [-0.15, -0.1) is 0 Å². The predicted octanol–water partition coefficient (Wildman–Crippen LogP) is 7.16.